The van der Waals surface area contributed by atoms with E-state index in [0.29, 0.717) is 0 Å². The van der Waals surface area contributed by atoms with Gasteiger partial charge in [0, 0.05) is 19.3 Å². The highest BCUT2D eigenvalue weighted by atomic mass is 15.2. The number of benzene rings is 1. The van der Waals surface area contributed by atoms with E-state index >= 15 is 0 Å². The molecule has 1 saturated carbocycles. The summed E-state index contributed by atoms with van der Waals surface area (Å²) < 4.78 is 0. The van der Waals surface area contributed by atoms with Gasteiger partial charge in [0.15, 0.2) is 0 Å². The predicted octanol–water partition coefficient (Wildman–Crippen LogP) is 3.42. The first-order valence-corrected chi connectivity index (χ1v) is 7.17. The molecule has 2 atom stereocenters. The maximum atomic E-state index is 6.15. The third-order valence-corrected chi connectivity index (χ3v) is 4.68. The third-order valence-electron chi connectivity index (χ3n) is 4.68. The zero-order valence-corrected chi connectivity index (χ0v) is 11.7. The largest absolute Gasteiger partial charge is 0.368 e. The molecule has 0 heterocycles. The van der Waals surface area contributed by atoms with Gasteiger partial charge in [0.1, 0.15) is 0 Å². The SMILES string of the molecule is CC1CCCC(CN)(N(C)c2ccccc2)CC1. The van der Waals surface area contributed by atoms with Crippen LogP contribution in [0.1, 0.15) is 39.0 Å². The Morgan fingerprint density at radius 1 is 1.22 bits per heavy atom. The van der Waals surface area contributed by atoms with Gasteiger partial charge in [-0.25, -0.2) is 0 Å². The second-order valence-corrected chi connectivity index (χ2v) is 5.86. The van der Waals surface area contributed by atoms with Crippen molar-refractivity contribution in [2.45, 2.75) is 44.6 Å². The first kappa shape index (κ1) is 13.4. The molecule has 0 aromatic heterocycles. The molecule has 1 aromatic carbocycles. The smallest absolute Gasteiger partial charge is 0.0521 e. The highest BCUT2D eigenvalue weighted by Crippen LogP contribution is 2.35. The number of anilines is 1. The van der Waals surface area contributed by atoms with Gasteiger partial charge in [-0.2, -0.15) is 0 Å². The van der Waals surface area contributed by atoms with Crippen LogP contribution in [0.25, 0.3) is 0 Å². The molecule has 18 heavy (non-hydrogen) atoms. The van der Waals surface area contributed by atoms with Crippen molar-refractivity contribution in [1.82, 2.24) is 0 Å². The lowest BCUT2D eigenvalue weighted by molar-refractivity contribution is 0.357. The average Bonchev–Trinajstić information content (AvgIpc) is 2.62. The lowest BCUT2D eigenvalue weighted by Crippen LogP contribution is -2.52. The number of hydrogen-bond donors (Lipinski definition) is 1. The van der Waals surface area contributed by atoms with Crippen LogP contribution in [-0.4, -0.2) is 19.1 Å². The molecular formula is C16H26N2. The lowest BCUT2D eigenvalue weighted by Gasteiger charge is -2.42. The third kappa shape index (κ3) is 2.69. The number of nitrogens with zero attached hydrogens (tertiary/aromatic N) is 1. The van der Waals surface area contributed by atoms with Gasteiger partial charge in [-0.15, -0.1) is 0 Å². The van der Waals surface area contributed by atoms with Crippen molar-refractivity contribution in [2.24, 2.45) is 11.7 Å². The van der Waals surface area contributed by atoms with E-state index in [1.54, 1.807) is 0 Å². The number of nitrogens with two attached hydrogens (primary N) is 1. The summed E-state index contributed by atoms with van der Waals surface area (Å²) in [6.45, 7) is 3.13. The normalized spacial score (nSPS) is 28.7. The fourth-order valence-corrected chi connectivity index (χ4v) is 3.17. The summed E-state index contributed by atoms with van der Waals surface area (Å²) in [7, 11) is 2.21. The quantitative estimate of drug-likeness (QED) is 0.828. The lowest BCUT2D eigenvalue weighted by atomic mass is 9.87. The van der Waals surface area contributed by atoms with E-state index < -0.39 is 0 Å². The molecule has 0 spiro atoms. The molecule has 2 N–H and O–H groups in total. The highest BCUT2D eigenvalue weighted by Gasteiger charge is 2.35. The molecule has 100 valence electrons. The Morgan fingerprint density at radius 2 is 1.94 bits per heavy atom. The van der Waals surface area contributed by atoms with Gasteiger partial charge >= 0.3 is 0 Å². The first-order chi connectivity index (χ1) is 8.68. The number of para-hydroxylation sites is 1. The second-order valence-electron chi connectivity index (χ2n) is 5.86. The summed E-state index contributed by atoms with van der Waals surface area (Å²) in [5, 5.41) is 0. The van der Waals surface area contributed by atoms with Crippen LogP contribution in [0, 0.1) is 5.92 Å². The fourth-order valence-electron chi connectivity index (χ4n) is 3.17. The van der Waals surface area contributed by atoms with E-state index in [2.05, 4.69) is 49.2 Å². The van der Waals surface area contributed by atoms with Crippen molar-refractivity contribution in [3.63, 3.8) is 0 Å². The summed E-state index contributed by atoms with van der Waals surface area (Å²) in [6.07, 6.45) is 6.39. The Kier molecular flexibility index (Phi) is 4.28. The van der Waals surface area contributed by atoms with E-state index in [9.17, 15) is 0 Å². The topological polar surface area (TPSA) is 29.3 Å². The number of likely N-dealkylation sites (N-methyl/N-ethyl adjacent to an activating group) is 1. The summed E-state index contributed by atoms with van der Waals surface area (Å²) in [5.41, 5.74) is 7.60. The summed E-state index contributed by atoms with van der Waals surface area (Å²) in [4.78, 5) is 2.42. The molecule has 2 unspecified atom stereocenters. The molecule has 2 rings (SSSR count). The zero-order valence-electron chi connectivity index (χ0n) is 11.7. The van der Waals surface area contributed by atoms with Gasteiger partial charge < -0.3 is 10.6 Å². The van der Waals surface area contributed by atoms with Crippen molar-refractivity contribution < 1.29 is 0 Å². The van der Waals surface area contributed by atoms with Crippen LogP contribution < -0.4 is 10.6 Å². The standard InChI is InChI=1S/C16H26N2/c1-14-7-6-11-16(13-17,12-10-14)18(2)15-8-4-3-5-9-15/h3-5,8-9,14H,6-7,10-13,17H2,1-2H3. The fraction of sp³-hybridized carbons (Fsp3) is 0.625. The molecule has 2 nitrogen and oxygen atoms in total. The van der Waals surface area contributed by atoms with Gasteiger partial charge in [0.2, 0.25) is 0 Å². The van der Waals surface area contributed by atoms with Crippen LogP contribution in [0.4, 0.5) is 5.69 Å². The summed E-state index contributed by atoms with van der Waals surface area (Å²) in [6, 6.07) is 10.7. The van der Waals surface area contributed by atoms with E-state index in [4.69, 9.17) is 5.73 Å². The van der Waals surface area contributed by atoms with E-state index in [0.717, 1.165) is 12.5 Å². The van der Waals surface area contributed by atoms with Crippen LogP contribution in [0.3, 0.4) is 0 Å². The van der Waals surface area contributed by atoms with Crippen LogP contribution >= 0.6 is 0 Å². The molecule has 0 aliphatic heterocycles. The molecule has 0 bridgehead atoms. The summed E-state index contributed by atoms with van der Waals surface area (Å²) in [5.74, 6) is 0.850. The van der Waals surface area contributed by atoms with Crippen LogP contribution in [0.2, 0.25) is 0 Å². The Morgan fingerprint density at radius 3 is 2.61 bits per heavy atom. The Labute approximate surface area is 111 Å². The van der Waals surface area contributed by atoms with Gasteiger partial charge in [-0.05, 0) is 37.3 Å². The molecule has 1 aliphatic carbocycles. The molecule has 0 amide bonds. The molecule has 2 heteroatoms. The van der Waals surface area contributed by atoms with E-state index in [1.165, 1.54) is 37.8 Å². The van der Waals surface area contributed by atoms with Crippen molar-refractivity contribution in [1.29, 1.82) is 0 Å². The average molecular weight is 246 g/mol. The van der Waals surface area contributed by atoms with Crippen LogP contribution in [0.15, 0.2) is 30.3 Å². The van der Waals surface area contributed by atoms with E-state index in [-0.39, 0.29) is 5.54 Å². The maximum Gasteiger partial charge on any atom is 0.0521 e. The monoisotopic (exact) mass is 246 g/mol. The molecule has 1 aliphatic rings. The van der Waals surface area contributed by atoms with Crippen molar-refractivity contribution >= 4 is 5.69 Å². The van der Waals surface area contributed by atoms with Gasteiger partial charge in [-0.3, -0.25) is 0 Å². The molecule has 0 saturated heterocycles. The van der Waals surface area contributed by atoms with Gasteiger partial charge in [0.25, 0.3) is 0 Å². The Bertz CT molecular complexity index is 363. The number of hydrogen-bond acceptors (Lipinski definition) is 2. The summed E-state index contributed by atoms with van der Waals surface area (Å²) >= 11 is 0. The second kappa shape index (κ2) is 5.75. The highest BCUT2D eigenvalue weighted by molar-refractivity contribution is 5.48. The van der Waals surface area contributed by atoms with E-state index in [1.807, 2.05) is 0 Å². The number of rotatable bonds is 3. The van der Waals surface area contributed by atoms with Crippen molar-refractivity contribution in [2.75, 3.05) is 18.5 Å². The Balaban J connectivity index is 2.21. The van der Waals surface area contributed by atoms with Crippen LogP contribution in [0.5, 0.6) is 0 Å². The van der Waals surface area contributed by atoms with Gasteiger partial charge in [0.05, 0.1) is 5.54 Å². The predicted molar refractivity (Wildman–Crippen MR) is 78.9 cm³/mol. The minimum atomic E-state index is 0.159. The maximum absolute atomic E-state index is 6.15. The molecular weight excluding hydrogens is 220 g/mol. The first-order valence-electron chi connectivity index (χ1n) is 7.17. The Hall–Kier alpha value is -1.02. The molecule has 1 fully saturated rings. The minimum absolute atomic E-state index is 0.159. The van der Waals surface area contributed by atoms with Crippen LogP contribution in [-0.2, 0) is 0 Å². The minimum Gasteiger partial charge on any atom is -0.368 e. The zero-order chi connectivity index (χ0) is 13.0. The molecule has 1 aromatic rings. The van der Waals surface area contributed by atoms with Crippen molar-refractivity contribution in [3.8, 4) is 0 Å². The molecule has 0 radical (unpaired) electrons. The van der Waals surface area contributed by atoms with Crippen molar-refractivity contribution in [3.05, 3.63) is 30.3 Å². The van der Waals surface area contributed by atoms with Gasteiger partial charge in [-0.1, -0.05) is 38.0 Å².